The van der Waals surface area contributed by atoms with Crippen molar-refractivity contribution in [3.63, 3.8) is 0 Å². The van der Waals surface area contributed by atoms with Crippen LogP contribution < -0.4 is 10.6 Å². The summed E-state index contributed by atoms with van der Waals surface area (Å²) in [7, 11) is 1.93. The van der Waals surface area contributed by atoms with Crippen LogP contribution >= 0.6 is 0 Å². The Kier molecular flexibility index (Phi) is 3.92. The lowest BCUT2D eigenvalue weighted by molar-refractivity contribution is -0.121. The number of nitrogens with zero attached hydrogens (tertiary/aromatic N) is 2. The van der Waals surface area contributed by atoms with Gasteiger partial charge in [-0.1, -0.05) is 12.1 Å². The summed E-state index contributed by atoms with van der Waals surface area (Å²) in [5.74, 6) is -0.0765. The average Bonchev–Trinajstić information content (AvgIpc) is 2.39. The quantitative estimate of drug-likeness (QED) is 0.790. The first kappa shape index (κ1) is 12.6. The second kappa shape index (κ2) is 5.63. The number of benzene rings is 1. The average molecular weight is 244 g/mol. The number of amides is 1. The molecule has 0 bridgehead atoms. The van der Waals surface area contributed by atoms with Gasteiger partial charge in [-0.2, -0.15) is 5.26 Å². The summed E-state index contributed by atoms with van der Waals surface area (Å²) in [5.41, 5.74) is 1.06. The van der Waals surface area contributed by atoms with Gasteiger partial charge in [-0.25, -0.2) is 0 Å². The number of hydrogen-bond donors (Lipinski definition) is 2. The van der Waals surface area contributed by atoms with Crippen LogP contribution in [0.3, 0.4) is 0 Å². The lowest BCUT2D eigenvalue weighted by atomic mass is 10.1. The highest BCUT2D eigenvalue weighted by Crippen LogP contribution is 2.14. The number of anilines is 1. The molecule has 0 saturated carbocycles. The molecule has 1 aliphatic heterocycles. The van der Waals surface area contributed by atoms with Crippen molar-refractivity contribution in [2.75, 3.05) is 32.0 Å². The van der Waals surface area contributed by atoms with Crippen LogP contribution in [0, 0.1) is 11.3 Å². The Hall–Kier alpha value is -1.90. The molecule has 2 N–H and O–H groups in total. The van der Waals surface area contributed by atoms with Gasteiger partial charge in [-0.15, -0.1) is 0 Å². The number of carbonyl (C=O) groups excluding carboxylic acids is 1. The van der Waals surface area contributed by atoms with Gasteiger partial charge in [0.1, 0.15) is 12.1 Å². The van der Waals surface area contributed by atoms with E-state index in [-0.39, 0.29) is 11.9 Å². The Morgan fingerprint density at radius 1 is 1.56 bits per heavy atom. The van der Waals surface area contributed by atoms with Gasteiger partial charge in [0.05, 0.1) is 11.3 Å². The molecule has 5 nitrogen and oxygen atoms in total. The topological polar surface area (TPSA) is 68.2 Å². The molecule has 18 heavy (non-hydrogen) atoms. The van der Waals surface area contributed by atoms with Crippen LogP contribution in [0.2, 0.25) is 0 Å². The first-order valence-corrected chi connectivity index (χ1v) is 5.93. The summed E-state index contributed by atoms with van der Waals surface area (Å²) >= 11 is 0. The third-order valence-corrected chi connectivity index (χ3v) is 3.12. The number of hydrogen-bond acceptors (Lipinski definition) is 4. The van der Waals surface area contributed by atoms with E-state index in [2.05, 4.69) is 16.7 Å². The Morgan fingerprint density at radius 2 is 2.33 bits per heavy atom. The maximum absolute atomic E-state index is 12.1. The molecule has 0 aromatic heterocycles. The first-order valence-electron chi connectivity index (χ1n) is 5.93. The molecule has 1 aliphatic rings. The standard InChI is InChI=1S/C13H16N4O/c1-17-7-6-15-9-12(17)13(18)16-11-5-3-2-4-10(11)8-14/h2-5,12,15H,6-7,9H2,1H3,(H,16,18). The van der Waals surface area contributed by atoms with Gasteiger partial charge < -0.3 is 10.6 Å². The van der Waals surface area contributed by atoms with E-state index in [1.807, 2.05) is 11.9 Å². The molecular formula is C13H16N4O. The van der Waals surface area contributed by atoms with Crippen LogP contribution in [-0.4, -0.2) is 43.5 Å². The van der Waals surface area contributed by atoms with Crippen molar-refractivity contribution >= 4 is 11.6 Å². The maximum atomic E-state index is 12.1. The Balaban J connectivity index is 2.09. The maximum Gasteiger partial charge on any atom is 0.243 e. The fourth-order valence-electron chi connectivity index (χ4n) is 2.00. The first-order chi connectivity index (χ1) is 8.72. The third kappa shape index (κ3) is 2.67. The molecule has 0 radical (unpaired) electrons. The highest BCUT2D eigenvalue weighted by Gasteiger charge is 2.25. The SMILES string of the molecule is CN1CCNCC1C(=O)Nc1ccccc1C#N. The number of likely N-dealkylation sites (N-methyl/N-ethyl adjacent to an activating group) is 1. The number of rotatable bonds is 2. The van der Waals surface area contributed by atoms with Crippen molar-refractivity contribution in [1.29, 1.82) is 5.26 Å². The van der Waals surface area contributed by atoms with Crippen LogP contribution in [0.5, 0.6) is 0 Å². The van der Waals surface area contributed by atoms with Gasteiger partial charge in [-0.05, 0) is 19.2 Å². The molecule has 1 saturated heterocycles. The zero-order valence-electron chi connectivity index (χ0n) is 10.3. The van der Waals surface area contributed by atoms with Gasteiger partial charge in [0.2, 0.25) is 5.91 Å². The van der Waals surface area contributed by atoms with Gasteiger partial charge in [0.25, 0.3) is 0 Å². The largest absolute Gasteiger partial charge is 0.323 e. The normalized spacial score (nSPS) is 20.1. The van der Waals surface area contributed by atoms with E-state index in [1.54, 1.807) is 24.3 Å². The highest BCUT2D eigenvalue weighted by molar-refractivity contribution is 5.96. The Labute approximate surface area is 106 Å². The molecule has 1 amide bonds. The molecule has 0 aliphatic carbocycles. The minimum atomic E-state index is -0.189. The van der Waals surface area contributed by atoms with Crippen molar-refractivity contribution in [2.45, 2.75) is 6.04 Å². The van der Waals surface area contributed by atoms with E-state index in [0.717, 1.165) is 13.1 Å². The van der Waals surface area contributed by atoms with Crippen LogP contribution in [0.25, 0.3) is 0 Å². The van der Waals surface area contributed by atoms with Crippen LogP contribution in [0.4, 0.5) is 5.69 Å². The van der Waals surface area contributed by atoms with Crippen molar-refractivity contribution in [3.05, 3.63) is 29.8 Å². The van der Waals surface area contributed by atoms with Gasteiger partial charge in [0, 0.05) is 19.6 Å². The van der Waals surface area contributed by atoms with E-state index < -0.39 is 0 Å². The molecule has 94 valence electrons. The summed E-state index contributed by atoms with van der Waals surface area (Å²) in [6, 6.07) is 8.90. The molecule has 2 rings (SSSR count). The lowest BCUT2D eigenvalue weighted by Gasteiger charge is -2.31. The molecule has 1 atom stereocenters. The lowest BCUT2D eigenvalue weighted by Crippen LogP contribution is -2.54. The van der Waals surface area contributed by atoms with E-state index in [9.17, 15) is 4.79 Å². The van der Waals surface area contributed by atoms with Gasteiger partial charge in [0.15, 0.2) is 0 Å². The summed E-state index contributed by atoms with van der Waals surface area (Å²) < 4.78 is 0. The number of carbonyl (C=O) groups is 1. The third-order valence-electron chi connectivity index (χ3n) is 3.12. The number of nitrogens with one attached hydrogen (secondary N) is 2. The number of para-hydroxylation sites is 1. The fourth-order valence-corrected chi connectivity index (χ4v) is 2.00. The zero-order chi connectivity index (χ0) is 13.0. The molecule has 1 heterocycles. The second-order valence-electron chi connectivity index (χ2n) is 4.35. The van der Waals surface area contributed by atoms with E-state index in [1.165, 1.54) is 0 Å². The molecule has 1 aromatic rings. The Bertz CT molecular complexity index is 480. The minimum Gasteiger partial charge on any atom is -0.323 e. The van der Waals surface area contributed by atoms with Crippen LogP contribution in [0.1, 0.15) is 5.56 Å². The molecule has 0 spiro atoms. The van der Waals surface area contributed by atoms with Crippen molar-refractivity contribution in [2.24, 2.45) is 0 Å². The summed E-state index contributed by atoms with van der Waals surface area (Å²) in [5, 5.41) is 15.0. The van der Waals surface area contributed by atoms with Crippen molar-refractivity contribution in [3.8, 4) is 6.07 Å². The number of piperazine rings is 1. The summed E-state index contributed by atoms with van der Waals surface area (Å²) in [6.45, 7) is 2.38. The van der Waals surface area contributed by atoms with Gasteiger partial charge >= 0.3 is 0 Å². The molecule has 1 fully saturated rings. The van der Waals surface area contributed by atoms with E-state index in [0.29, 0.717) is 17.8 Å². The van der Waals surface area contributed by atoms with E-state index in [4.69, 9.17) is 5.26 Å². The Morgan fingerprint density at radius 3 is 3.06 bits per heavy atom. The monoisotopic (exact) mass is 244 g/mol. The predicted molar refractivity (Wildman–Crippen MR) is 69.1 cm³/mol. The van der Waals surface area contributed by atoms with Gasteiger partial charge in [-0.3, -0.25) is 9.69 Å². The summed E-state index contributed by atoms with van der Waals surface area (Å²) in [4.78, 5) is 14.2. The molecule has 1 unspecified atom stereocenters. The van der Waals surface area contributed by atoms with E-state index >= 15 is 0 Å². The minimum absolute atomic E-state index is 0.0765. The zero-order valence-corrected chi connectivity index (χ0v) is 10.3. The van der Waals surface area contributed by atoms with Crippen LogP contribution in [0.15, 0.2) is 24.3 Å². The number of nitriles is 1. The second-order valence-corrected chi connectivity index (χ2v) is 4.35. The highest BCUT2D eigenvalue weighted by atomic mass is 16.2. The van der Waals surface area contributed by atoms with Crippen molar-refractivity contribution < 1.29 is 4.79 Å². The smallest absolute Gasteiger partial charge is 0.243 e. The predicted octanol–water partition coefficient (Wildman–Crippen LogP) is 0.400. The molecule has 5 heteroatoms. The fraction of sp³-hybridized carbons (Fsp3) is 0.385. The molecular weight excluding hydrogens is 228 g/mol. The summed E-state index contributed by atoms with van der Waals surface area (Å²) in [6.07, 6.45) is 0. The molecule has 1 aromatic carbocycles. The van der Waals surface area contributed by atoms with Crippen molar-refractivity contribution in [1.82, 2.24) is 10.2 Å². The van der Waals surface area contributed by atoms with Crippen LogP contribution in [-0.2, 0) is 4.79 Å².